The second-order valence-corrected chi connectivity index (χ2v) is 6.53. The van der Waals surface area contributed by atoms with Crippen molar-refractivity contribution in [3.8, 4) is 11.3 Å². The lowest BCUT2D eigenvalue weighted by Crippen LogP contribution is -2.18. The minimum absolute atomic E-state index is 0.0160. The van der Waals surface area contributed by atoms with E-state index in [-0.39, 0.29) is 23.0 Å². The summed E-state index contributed by atoms with van der Waals surface area (Å²) in [7, 11) is 3.98. The van der Waals surface area contributed by atoms with Crippen LogP contribution >= 0.6 is 0 Å². The van der Waals surface area contributed by atoms with Crippen LogP contribution in [-0.2, 0) is 6.54 Å². The number of benzene rings is 2. The molecule has 0 aliphatic rings. The Morgan fingerprint density at radius 1 is 1.14 bits per heavy atom. The van der Waals surface area contributed by atoms with Crippen LogP contribution in [0.5, 0.6) is 0 Å². The van der Waals surface area contributed by atoms with Crippen molar-refractivity contribution in [1.29, 1.82) is 5.41 Å². The lowest BCUT2D eigenvalue weighted by molar-refractivity contribution is 0.402. The molecule has 0 aliphatic heterocycles. The van der Waals surface area contributed by atoms with Gasteiger partial charge in [0.1, 0.15) is 5.69 Å². The van der Waals surface area contributed by atoms with Gasteiger partial charge in [0.25, 0.3) is 0 Å². The molecule has 0 unspecified atom stereocenters. The van der Waals surface area contributed by atoms with Crippen LogP contribution < -0.4 is 11.1 Å². The fourth-order valence-electron chi connectivity index (χ4n) is 2.66. The quantitative estimate of drug-likeness (QED) is 0.464. The van der Waals surface area contributed by atoms with Gasteiger partial charge in [-0.25, -0.2) is 18.7 Å². The molecule has 0 radical (unpaired) electrons. The summed E-state index contributed by atoms with van der Waals surface area (Å²) >= 11 is 0. The van der Waals surface area contributed by atoms with Crippen LogP contribution in [0.4, 0.5) is 20.3 Å². The summed E-state index contributed by atoms with van der Waals surface area (Å²) in [4.78, 5) is 10.5. The third-order valence-corrected chi connectivity index (χ3v) is 4.00. The molecular weight excluding hydrogens is 362 g/mol. The molecule has 0 spiro atoms. The van der Waals surface area contributed by atoms with E-state index < -0.39 is 11.6 Å². The number of hydrogen-bond donors (Lipinski definition) is 3. The summed E-state index contributed by atoms with van der Waals surface area (Å²) in [5, 5.41) is 10.7. The fraction of sp³-hybridized carbons (Fsp3) is 0.150. The molecule has 3 rings (SSSR count). The zero-order valence-corrected chi connectivity index (χ0v) is 15.5. The monoisotopic (exact) mass is 382 g/mol. The first kappa shape index (κ1) is 19.4. The molecule has 8 heteroatoms. The van der Waals surface area contributed by atoms with Crippen molar-refractivity contribution in [3.63, 3.8) is 0 Å². The van der Waals surface area contributed by atoms with Crippen molar-refractivity contribution < 1.29 is 8.78 Å². The van der Waals surface area contributed by atoms with Gasteiger partial charge in [0.15, 0.2) is 23.3 Å². The number of nitrogens with two attached hydrogens (primary N) is 1. The third kappa shape index (κ3) is 4.29. The Hall–Kier alpha value is -3.39. The molecular formula is C20H20F2N6. The summed E-state index contributed by atoms with van der Waals surface area (Å²) in [6, 6.07) is 11.5. The maximum Gasteiger partial charge on any atom is 0.182 e. The second kappa shape index (κ2) is 8.10. The highest BCUT2D eigenvalue weighted by atomic mass is 19.2. The summed E-state index contributed by atoms with van der Waals surface area (Å²) in [5.41, 5.74) is 8.19. The van der Waals surface area contributed by atoms with E-state index in [2.05, 4.69) is 20.2 Å². The van der Waals surface area contributed by atoms with E-state index in [0.717, 1.165) is 23.7 Å². The molecule has 0 bridgehead atoms. The van der Waals surface area contributed by atoms with E-state index in [9.17, 15) is 8.78 Å². The molecule has 1 aromatic heterocycles. The maximum atomic E-state index is 13.8. The standard InChI is InChI=1S/C20H20F2N6/c1-28(2)11-12-6-8-13(9-7-12)16-10-25-19(23)18(26-16)20(24)27-15-5-3-4-14(21)17(15)22/h3-10H,11H2,1-2H3,(H2,23,25)(H2,24,27). The molecule has 4 N–H and O–H groups in total. The Labute approximate surface area is 161 Å². The van der Waals surface area contributed by atoms with Crippen LogP contribution in [0.25, 0.3) is 11.3 Å². The first-order valence-electron chi connectivity index (χ1n) is 8.51. The van der Waals surface area contributed by atoms with Crippen LogP contribution in [0.3, 0.4) is 0 Å². The highest BCUT2D eigenvalue weighted by molar-refractivity contribution is 6.07. The molecule has 2 aromatic carbocycles. The van der Waals surface area contributed by atoms with Crippen molar-refractivity contribution in [2.45, 2.75) is 6.54 Å². The van der Waals surface area contributed by atoms with Crippen LogP contribution in [0.15, 0.2) is 48.7 Å². The average molecular weight is 382 g/mol. The van der Waals surface area contributed by atoms with Gasteiger partial charge in [-0.15, -0.1) is 0 Å². The number of rotatable bonds is 5. The van der Waals surface area contributed by atoms with Gasteiger partial charge in [-0.2, -0.15) is 0 Å². The first-order chi connectivity index (χ1) is 13.3. The number of halogens is 2. The van der Waals surface area contributed by atoms with Gasteiger partial charge in [-0.05, 0) is 31.8 Å². The van der Waals surface area contributed by atoms with E-state index >= 15 is 0 Å². The topological polar surface area (TPSA) is 90.9 Å². The summed E-state index contributed by atoms with van der Waals surface area (Å²) in [6.07, 6.45) is 1.51. The molecule has 0 fully saturated rings. The average Bonchev–Trinajstić information content (AvgIpc) is 2.66. The molecule has 28 heavy (non-hydrogen) atoms. The van der Waals surface area contributed by atoms with Crippen molar-refractivity contribution in [1.82, 2.24) is 14.9 Å². The number of nitrogens with zero attached hydrogens (tertiary/aromatic N) is 3. The van der Waals surface area contributed by atoms with Crippen molar-refractivity contribution >= 4 is 17.3 Å². The summed E-state index contributed by atoms with van der Waals surface area (Å²) in [6.45, 7) is 0.812. The van der Waals surface area contributed by atoms with Crippen LogP contribution in [0, 0.1) is 17.0 Å². The molecule has 0 saturated heterocycles. The third-order valence-electron chi connectivity index (χ3n) is 4.00. The van der Waals surface area contributed by atoms with E-state index in [1.165, 1.54) is 18.3 Å². The van der Waals surface area contributed by atoms with Gasteiger partial charge in [0.2, 0.25) is 0 Å². The van der Waals surface area contributed by atoms with Gasteiger partial charge in [-0.1, -0.05) is 30.3 Å². The van der Waals surface area contributed by atoms with E-state index in [1.54, 1.807) is 0 Å². The number of hydrogen-bond acceptors (Lipinski definition) is 5. The van der Waals surface area contributed by atoms with Gasteiger partial charge in [-0.3, -0.25) is 5.41 Å². The smallest absolute Gasteiger partial charge is 0.182 e. The molecule has 144 valence electrons. The first-order valence-corrected chi connectivity index (χ1v) is 8.51. The number of amidine groups is 1. The number of aromatic nitrogens is 2. The molecule has 0 saturated carbocycles. The van der Waals surface area contributed by atoms with Gasteiger partial charge >= 0.3 is 0 Å². The molecule has 6 nitrogen and oxygen atoms in total. The largest absolute Gasteiger partial charge is 0.382 e. The minimum Gasteiger partial charge on any atom is -0.382 e. The van der Waals surface area contributed by atoms with Crippen LogP contribution in [0.1, 0.15) is 11.3 Å². The van der Waals surface area contributed by atoms with E-state index in [1.807, 2.05) is 38.4 Å². The summed E-state index contributed by atoms with van der Waals surface area (Å²) < 4.78 is 27.2. The molecule has 0 aliphatic carbocycles. The number of anilines is 2. The Balaban J connectivity index is 1.87. The Bertz CT molecular complexity index is 1000. The predicted molar refractivity (Wildman–Crippen MR) is 106 cm³/mol. The van der Waals surface area contributed by atoms with Gasteiger partial charge in [0.05, 0.1) is 17.6 Å². The Morgan fingerprint density at radius 3 is 2.54 bits per heavy atom. The normalized spacial score (nSPS) is 10.9. The second-order valence-electron chi connectivity index (χ2n) is 6.53. The highest BCUT2D eigenvalue weighted by Gasteiger charge is 2.15. The number of nitrogen functional groups attached to an aromatic ring is 1. The molecule has 3 aromatic rings. The molecule has 0 amide bonds. The van der Waals surface area contributed by atoms with Crippen LogP contribution in [-0.4, -0.2) is 34.8 Å². The van der Waals surface area contributed by atoms with Crippen molar-refractivity contribution in [2.24, 2.45) is 0 Å². The minimum atomic E-state index is -1.08. The fourth-order valence-corrected chi connectivity index (χ4v) is 2.66. The Kier molecular flexibility index (Phi) is 5.60. The number of nitrogens with one attached hydrogen (secondary N) is 2. The Morgan fingerprint density at radius 2 is 1.86 bits per heavy atom. The van der Waals surface area contributed by atoms with Gasteiger partial charge < -0.3 is 16.0 Å². The lowest BCUT2D eigenvalue weighted by Gasteiger charge is -2.12. The van der Waals surface area contributed by atoms with E-state index in [0.29, 0.717) is 5.69 Å². The SMILES string of the molecule is CN(C)Cc1ccc(-c2cnc(N)c(C(=N)Nc3cccc(F)c3F)n2)cc1. The predicted octanol–water partition coefficient (Wildman–Crippen LogP) is 3.50. The maximum absolute atomic E-state index is 13.8. The molecule has 0 atom stereocenters. The zero-order valence-electron chi connectivity index (χ0n) is 15.5. The zero-order chi connectivity index (χ0) is 20.3. The lowest BCUT2D eigenvalue weighted by atomic mass is 10.1. The van der Waals surface area contributed by atoms with Gasteiger partial charge in [0, 0.05) is 12.1 Å². The highest BCUT2D eigenvalue weighted by Crippen LogP contribution is 2.21. The molecule has 1 heterocycles. The van der Waals surface area contributed by atoms with Crippen LogP contribution in [0.2, 0.25) is 0 Å². The van der Waals surface area contributed by atoms with Crippen molar-refractivity contribution in [3.05, 3.63) is 71.6 Å². The summed E-state index contributed by atoms with van der Waals surface area (Å²) in [5.74, 6) is -2.35. The van der Waals surface area contributed by atoms with Crippen molar-refractivity contribution in [2.75, 3.05) is 25.1 Å². The van der Waals surface area contributed by atoms with E-state index in [4.69, 9.17) is 11.1 Å².